The van der Waals surface area contributed by atoms with Crippen LogP contribution in [0.4, 0.5) is 0 Å². The van der Waals surface area contributed by atoms with Gasteiger partial charge < -0.3 is 16.9 Å². The topological polar surface area (TPSA) is 0 Å². The van der Waals surface area contributed by atoms with E-state index >= 15 is 0 Å². The third-order valence-corrected chi connectivity index (χ3v) is 1.18. The fourth-order valence-corrected chi connectivity index (χ4v) is 0.632. The highest BCUT2D eigenvalue weighted by molar-refractivity contribution is 15.0. The Labute approximate surface area is 101 Å². The molecule has 0 bridgehead atoms. The third-order valence-electron chi connectivity index (χ3n) is 1.18. The van der Waals surface area contributed by atoms with Gasteiger partial charge in [-0.2, -0.15) is 0 Å². The van der Waals surface area contributed by atoms with Gasteiger partial charge in [0.1, 0.15) is 0 Å². The van der Waals surface area contributed by atoms with Gasteiger partial charge in [0.25, 0.3) is 0 Å². The van der Waals surface area contributed by atoms with Gasteiger partial charge in [0.05, 0.1) is 27.7 Å². The minimum atomic E-state index is 0. The van der Waals surface area contributed by atoms with Gasteiger partial charge in [0, 0.05) is 37.2 Å². The summed E-state index contributed by atoms with van der Waals surface area (Å²) in [7, 11) is 6.70. The van der Waals surface area contributed by atoms with Crippen molar-refractivity contribution in [3.63, 3.8) is 0 Å². The Balaban J connectivity index is -0.000000196. The number of hydrogen-bond donors (Lipinski definition) is 0. The molecule has 0 saturated heterocycles. The minimum Gasteiger partial charge on any atom is -1.00 e. The zero-order valence-electron chi connectivity index (χ0n) is 7.70. The van der Waals surface area contributed by atoms with Crippen molar-refractivity contribution in [2.24, 2.45) is 0 Å². The van der Waals surface area contributed by atoms with Gasteiger partial charge >= 0.3 is 0 Å². The Hall–Kier alpha value is 1.71. The lowest BCUT2D eigenvalue weighted by molar-refractivity contribution is -0.870. The van der Waals surface area contributed by atoms with Crippen LogP contribution in [0.3, 0.4) is 0 Å². The molecule has 0 atom stereocenters. The summed E-state index contributed by atoms with van der Waals surface area (Å²) in [5.74, 6) is 0. The monoisotopic (exact) mass is 405 g/mol. The van der Waals surface area contributed by atoms with Gasteiger partial charge in [-0.05, 0) is 6.42 Å². The van der Waals surface area contributed by atoms with E-state index in [0.717, 1.165) is 4.48 Å². The first-order valence-electron chi connectivity index (χ1n) is 3.51. The van der Waals surface area contributed by atoms with Crippen molar-refractivity contribution in [3.8, 4) is 0 Å². The first-order chi connectivity index (χ1) is 4.56. The molecule has 0 unspecified atom stereocenters. The first-order valence-corrected chi connectivity index (χ1v) is 9.79. The van der Waals surface area contributed by atoms with Crippen LogP contribution < -0.4 is 12.4 Å². The van der Waals surface area contributed by atoms with Gasteiger partial charge in [-0.15, -0.1) is 0 Å². The maximum atomic E-state index is 2.23. The molecule has 0 aliphatic heterocycles. The highest BCUT2D eigenvalue weighted by Gasteiger charge is 2.02. The largest absolute Gasteiger partial charge is 1.00 e. The van der Waals surface area contributed by atoms with Crippen LogP contribution in [-0.2, 0) is 0 Å². The van der Waals surface area contributed by atoms with E-state index in [4.69, 9.17) is 0 Å². The standard InChI is InChI=1S/C7H18N.ClH.I2/c1-5-6-7-8(2,3)4;;1-2/h5-7H2,1-4H3;1H;/q+1;;/p-1. The molecule has 0 N–H and O–H groups in total. The quantitative estimate of drug-likeness (QED) is 0.467. The molecular weight excluding hydrogens is 387 g/mol. The summed E-state index contributed by atoms with van der Waals surface area (Å²) in [6, 6.07) is 0. The normalized spacial score (nSPS) is 9.27. The summed E-state index contributed by atoms with van der Waals surface area (Å²) in [6.07, 6.45) is 2.67. The third kappa shape index (κ3) is 24.5. The van der Waals surface area contributed by atoms with Crippen molar-refractivity contribution in [1.29, 1.82) is 0 Å². The van der Waals surface area contributed by atoms with E-state index in [-0.39, 0.29) is 12.4 Å². The van der Waals surface area contributed by atoms with E-state index in [0.29, 0.717) is 0 Å². The number of rotatable bonds is 3. The molecule has 0 aromatic rings. The lowest BCUT2D eigenvalue weighted by Gasteiger charge is -2.23. The summed E-state index contributed by atoms with van der Waals surface area (Å²) in [5.41, 5.74) is 0. The Morgan fingerprint density at radius 3 is 1.55 bits per heavy atom. The molecule has 0 aliphatic rings. The van der Waals surface area contributed by atoms with Crippen molar-refractivity contribution >= 4 is 37.2 Å². The SMILES string of the molecule is CCCC[N+](C)(C)C.II.[Cl-]. The molecule has 0 aromatic carbocycles. The molecule has 0 heterocycles. The summed E-state index contributed by atoms with van der Waals surface area (Å²) >= 11 is 4.24. The molecule has 72 valence electrons. The fourth-order valence-electron chi connectivity index (χ4n) is 0.632. The Morgan fingerprint density at radius 2 is 1.45 bits per heavy atom. The average molecular weight is 405 g/mol. The second-order valence-electron chi connectivity index (χ2n) is 3.37. The summed E-state index contributed by atoms with van der Waals surface area (Å²) in [5, 5.41) is 0. The fraction of sp³-hybridized carbons (Fsp3) is 1.00. The molecule has 0 radical (unpaired) electrons. The molecule has 0 aliphatic carbocycles. The van der Waals surface area contributed by atoms with Crippen LogP contribution in [0.25, 0.3) is 0 Å². The molecular formula is C7H18ClI2N. The highest BCUT2D eigenvalue weighted by Crippen LogP contribution is 1.95. The van der Waals surface area contributed by atoms with Crippen LogP contribution in [0.15, 0.2) is 0 Å². The van der Waals surface area contributed by atoms with E-state index in [1.165, 1.54) is 19.4 Å². The summed E-state index contributed by atoms with van der Waals surface area (Å²) < 4.78 is 1.10. The zero-order valence-corrected chi connectivity index (χ0v) is 12.8. The van der Waals surface area contributed by atoms with Gasteiger partial charge in [0.15, 0.2) is 0 Å². The van der Waals surface area contributed by atoms with Crippen LogP contribution >= 0.6 is 37.2 Å². The Morgan fingerprint density at radius 1 is 1.09 bits per heavy atom. The number of hydrogen-bond acceptors (Lipinski definition) is 0. The van der Waals surface area contributed by atoms with Gasteiger partial charge in [-0.3, -0.25) is 0 Å². The smallest absolute Gasteiger partial charge is 0.0780 e. The van der Waals surface area contributed by atoms with Crippen molar-refractivity contribution in [2.45, 2.75) is 19.8 Å². The Kier molecular flexibility index (Phi) is 19.7. The first kappa shape index (κ1) is 18.5. The van der Waals surface area contributed by atoms with Crippen LogP contribution in [0.5, 0.6) is 0 Å². The molecule has 1 nitrogen and oxygen atoms in total. The van der Waals surface area contributed by atoms with E-state index in [9.17, 15) is 0 Å². The zero-order chi connectivity index (χ0) is 8.62. The van der Waals surface area contributed by atoms with Crippen LogP contribution in [0, 0.1) is 0 Å². The van der Waals surface area contributed by atoms with Gasteiger partial charge in [-0.1, -0.05) is 13.3 Å². The average Bonchev–Trinajstić information content (AvgIpc) is 1.87. The maximum Gasteiger partial charge on any atom is 0.0780 e. The van der Waals surface area contributed by atoms with Crippen molar-refractivity contribution in [2.75, 3.05) is 27.7 Å². The second-order valence-corrected chi connectivity index (χ2v) is 3.37. The number of halogens is 3. The second kappa shape index (κ2) is 11.7. The van der Waals surface area contributed by atoms with E-state index in [2.05, 4.69) is 65.3 Å². The Bertz CT molecular complexity index is 64.0. The predicted octanol–water partition coefficient (Wildman–Crippen LogP) is 0.268. The molecule has 11 heavy (non-hydrogen) atoms. The number of unbranched alkanes of at least 4 members (excludes halogenated alkanes) is 1. The number of nitrogens with zero attached hydrogens (tertiary/aromatic N) is 1. The van der Waals surface area contributed by atoms with E-state index in [1.54, 1.807) is 0 Å². The predicted molar refractivity (Wildman–Crippen MR) is 65.8 cm³/mol. The van der Waals surface area contributed by atoms with Crippen LogP contribution in [-0.4, -0.2) is 32.2 Å². The molecule has 4 heteroatoms. The van der Waals surface area contributed by atoms with Crippen LogP contribution in [0.2, 0.25) is 0 Å². The molecule has 0 fully saturated rings. The molecule has 0 aromatic heterocycles. The molecule has 0 spiro atoms. The summed E-state index contributed by atoms with van der Waals surface area (Å²) in [4.78, 5) is 0. The van der Waals surface area contributed by atoms with E-state index in [1.807, 2.05) is 0 Å². The van der Waals surface area contributed by atoms with Crippen LogP contribution in [0.1, 0.15) is 19.8 Å². The van der Waals surface area contributed by atoms with Gasteiger partial charge in [-0.25, -0.2) is 0 Å². The van der Waals surface area contributed by atoms with Gasteiger partial charge in [0.2, 0.25) is 0 Å². The number of quaternary nitrogens is 1. The minimum absolute atomic E-state index is 0. The lowest BCUT2D eigenvalue weighted by Crippen LogP contribution is -3.00. The van der Waals surface area contributed by atoms with Crippen molar-refractivity contribution < 1.29 is 16.9 Å². The van der Waals surface area contributed by atoms with E-state index < -0.39 is 0 Å². The lowest BCUT2D eigenvalue weighted by atomic mass is 10.3. The molecule has 0 saturated carbocycles. The summed E-state index contributed by atoms with van der Waals surface area (Å²) in [6.45, 7) is 3.53. The highest BCUT2D eigenvalue weighted by atomic mass is 128. The van der Waals surface area contributed by atoms with Crippen molar-refractivity contribution in [3.05, 3.63) is 0 Å². The maximum absolute atomic E-state index is 2.23. The van der Waals surface area contributed by atoms with Crippen molar-refractivity contribution in [1.82, 2.24) is 0 Å². The molecule has 0 rings (SSSR count). The molecule has 0 amide bonds.